The maximum Gasteiger partial charge on any atom is 0.255 e. The van der Waals surface area contributed by atoms with E-state index in [1.165, 1.54) is 18.5 Å². The third-order valence-corrected chi connectivity index (χ3v) is 4.74. The van der Waals surface area contributed by atoms with E-state index >= 15 is 0 Å². The molecule has 3 heterocycles. The Labute approximate surface area is 139 Å². The number of hydrogen-bond donors (Lipinski definition) is 2. The number of H-pyrrole nitrogens is 1. The highest BCUT2D eigenvalue weighted by atomic mass is 16.5. The van der Waals surface area contributed by atoms with Crippen molar-refractivity contribution in [1.82, 2.24) is 15.3 Å². The van der Waals surface area contributed by atoms with Crippen molar-refractivity contribution < 1.29 is 9.53 Å². The van der Waals surface area contributed by atoms with Gasteiger partial charge in [-0.25, -0.2) is 4.98 Å². The lowest BCUT2D eigenvalue weighted by Gasteiger charge is -2.08. The minimum Gasteiger partial charge on any atom is -0.491 e. The molecular formula is C19H17N3O2. The van der Waals surface area contributed by atoms with E-state index in [2.05, 4.69) is 22.4 Å². The molecular weight excluding hydrogens is 302 g/mol. The normalized spacial score (nSPS) is 17.1. The van der Waals surface area contributed by atoms with Gasteiger partial charge in [0.05, 0.1) is 12.1 Å². The van der Waals surface area contributed by atoms with Crippen LogP contribution in [-0.2, 0) is 0 Å². The smallest absolute Gasteiger partial charge is 0.255 e. The quantitative estimate of drug-likeness (QED) is 0.762. The molecule has 1 amide bonds. The van der Waals surface area contributed by atoms with Gasteiger partial charge in [0, 0.05) is 28.8 Å². The molecule has 1 aliphatic carbocycles. The highest BCUT2D eigenvalue weighted by molar-refractivity contribution is 5.99. The molecule has 0 saturated heterocycles. The summed E-state index contributed by atoms with van der Waals surface area (Å²) < 4.78 is 5.72. The Balaban J connectivity index is 1.60. The Bertz CT molecular complexity index is 956. The first-order chi connectivity index (χ1) is 11.8. The van der Waals surface area contributed by atoms with Crippen molar-refractivity contribution in [2.24, 2.45) is 0 Å². The van der Waals surface area contributed by atoms with Crippen LogP contribution in [-0.4, -0.2) is 29.0 Å². The summed E-state index contributed by atoms with van der Waals surface area (Å²) in [5.74, 6) is 1.20. The molecule has 0 radical (unpaired) electrons. The van der Waals surface area contributed by atoms with Crippen molar-refractivity contribution in [1.29, 1.82) is 0 Å². The molecule has 0 bridgehead atoms. The summed E-state index contributed by atoms with van der Waals surface area (Å²) in [6.45, 7) is 1.02. The summed E-state index contributed by atoms with van der Waals surface area (Å²) in [5.41, 5.74) is 4.79. The molecule has 3 aromatic rings. The van der Waals surface area contributed by atoms with E-state index in [0.717, 1.165) is 22.2 Å². The van der Waals surface area contributed by atoms with E-state index in [0.29, 0.717) is 30.4 Å². The zero-order valence-corrected chi connectivity index (χ0v) is 13.1. The number of amides is 1. The Morgan fingerprint density at radius 2 is 2.04 bits per heavy atom. The van der Waals surface area contributed by atoms with Crippen LogP contribution < -0.4 is 10.1 Å². The Morgan fingerprint density at radius 1 is 1.12 bits per heavy atom. The predicted molar refractivity (Wildman–Crippen MR) is 91.3 cm³/mol. The van der Waals surface area contributed by atoms with Crippen LogP contribution in [0.3, 0.4) is 0 Å². The van der Waals surface area contributed by atoms with Crippen molar-refractivity contribution in [2.75, 3.05) is 13.2 Å². The Hall–Kier alpha value is -2.82. The molecule has 120 valence electrons. The lowest BCUT2D eigenvalue weighted by molar-refractivity contribution is 0.0957. The van der Waals surface area contributed by atoms with Gasteiger partial charge in [-0.3, -0.25) is 4.79 Å². The predicted octanol–water partition coefficient (Wildman–Crippen LogP) is 3.23. The van der Waals surface area contributed by atoms with Crippen LogP contribution in [0.5, 0.6) is 5.75 Å². The highest BCUT2D eigenvalue weighted by Crippen LogP contribution is 2.40. The molecule has 1 aromatic carbocycles. The molecule has 1 fully saturated rings. The lowest BCUT2D eigenvalue weighted by Crippen LogP contribution is -2.24. The summed E-state index contributed by atoms with van der Waals surface area (Å²) in [6.07, 6.45) is 4.47. The summed E-state index contributed by atoms with van der Waals surface area (Å²) in [7, 11) is 0. The second kappa shape index (κ2) is 5.09. The fourth-order valence-electron chi connectivity index (χ4n) is 3.28. The number of nitrogens with one attached hydrogen (secondary N) is 2. The molecule has 5 rings (SSSR count). The van der Waals surface area contributed by atoms with E-state index in [1.54, 1.807) is 0 Å². The van der Waals surface area contributed by atoms with E-state index in [9.17, 15) is 4.79 Å². The molecule has 0 unspecified atom stereocenters. The number of hydrogen-bond acceptors (Lipinski definition) is 3. The monoisotopic (exact) mass is 319 g/mol. The van der Waals surface area contributed by atoms with Crippen LogP contribution in [0.2, 0.25) is 0 Å². The van der Waals surface area contributed by atoms with E-state index in [4.69, 9.17) is 9.72 Å². The number of benzene rings is 1. The van der Waals surface area contributed by atoms with Crippen molar-refractivity contribution in [2.45, 2.75) is 18.8 Å². The number of ether oxygens (including phenoxy) is 1. The van der Waals surface area contributed by atoms with Gasteiger partial charge in [0.2, 0.25) is 0 Å². The van der Waals surface area contributed by atoms with Crippen LogP contribution in [0.15, 0.2) is 36.5 Å². The first-order valence-corrected chi connectivity index (χ1v) is 8.33. The fourth-order valence-corrected chi connectivity index (χ4v) is 3.28. The summed E-state index contributed by atoms with van der Waals surface area (Å²) in [6, 6.07) is 10.0. The highest BCUT2D eigenvalue weighted by Gasteiger charge is 2.25. The average Bonchev–Trinajstić information content (AvgIpc) is 3.39. The second-order valence-corrected chi connectivity index (χ2v) is 6.42. The summed E-state index contributed by atoms with van der Waals surface area (Å²) >= 11 is 0. The fraction of sp³-hybridized carbons (Fsp3) is 0.263. The van der Waals surface area contributed by atoms with Crippen LogP contribution in [0.1, 0.15) is 34.8 Å². The van der Waals surface area contributed by atoms with Crippen molar-refractivity contribution >= 4 is 16.9 Å². The molecule has 5 heteroatoms. The zero-order chi connectivity index (χ0) is 16.1. The second-order valence-electron chi connectivity index (χ2n) is 6.42. The van der Waals surface area contributed by atoms with Gasteiger partial charge >= 0.3 is 0 Å². The molecule has 5 nitrogen and oxygen atoms in total. The molecule has 24 heavy (non-hydrogen) atoms. The number of fused-ring (bicyclic) bond motifs is 2. The number of aromatic nitrogens is 2. The number of nitrogens with zero attached hydrogens (tertiary/aromatic N) is 1. The molecule has 2 aromatic heterocycles. The summed E-state index contributed by atoms with van der Waals surface area (Å²) in [4.78, 5) is 20.0. The number of aromatic amines is 1. The standard InChI is InChI=1S/C19H17N3O2/c23-19-14-4-3-12(9-17(14)24-8-7-20-19)15-10-21-18-13(15)5-6-16(22-18)11-1-2-11/h3-6,9-11H,1-2,7-8H2,(H,20,23)(H,21,22). The van der Waals surface area contributed by atoms with Gasteiger partial charge in [-0.2, -0.15) is 0 Å². The average molecular weight is 319 g/mol. The Morgan fingerprint density at radius 3 is 2.92 bits per heavy atom. The SMILES string of the molecule is O=C1NCCOc2cc(-c3c[nH]c4nc(C5CC5)ccc34)ccc21. The molecule has 2 N–H and O–H groups in total. The maximum atomic E-state index is 12.0. The van der Waals surface area contributed by atoms with Crippen LogP contribution in [0.25, 0.3) is 22.2 Å². The van der Waals surface area contributed by atoms with Crippen molar-refractivity contribution in [3.63, 3.8) is 0 Å². The molecule has 0 atom stereocenters. The van der Waals surface area contributed by atoms with Crippen molar-refractivity contribution in [3.8, 4) is 16.9 Å². The third kappa shape index (κ3) is 2.16. The van der Waals surface area contributed by atoms with Crippen LogP contribution in [0.4, 0.5) is 0 Å². The Kier molecular flexibility index (Phi) is 2.89. The van der Waals surface area contributed by atoms with E-state index in [-0.39, 0.29) is 5.91 Å². The minimum atomic E-state index is -0.0799. The van der Waals surface area contributed by atoms with Crippen LogP contribution >= 0.6 is 0 Å². The number of rotatable bonds is 2. The lowest BCUT2D eigenvalue weighted by atomic mass is 10.0. The maximum absolute atomic E-state index is 12.0. The zero-order valence-electron chi connectivity index (χ0n) is 13.1. The van der Waals surface area contributed by atoms with Gasteiger partial charge < -0.3 is 15.0 Å². The van der Waals surface area contributed by atoms with E-state index < -0.39 is 0 Å². The van der Waals surface area contributed by atoms with E-state index in [1.807, 2.05) is 24.4 Å². The van der Waals surface area contributed by atoms with Crippen molar-refractivity contribution in [3.05, 3.63) is 47.8 Å². The van der Waals surface area contributed by atoms with Gasteiger partial charge in [0.25, 0.3) is 5.91 Å². The first kappa shape index (κ1) is 13.6. The minimum absolute atomic E-state index is 0.0799. The van der Waals surface area contributed by atoms with Gasteiger partial charge in [0.15, 0.2) is 0 Å². The molecule has 2 aliphatic rings. The molecule has 1 aliphatic heterocycles. The third-order valence-electron chi connectivity index (χ3n) is 4.74. The summed E-state index contributed by atoms with van der Waals surface area (Å²) in [5, 5.41) is 3.92. The molecule has 1 saturated carbocycles. The number of pyridine rings is 1. The van der Waals surface area contributed by atoms with Gasteiger partial charge in [-0.1, -0.05) is 6.07 Å². The van der Waals surface area contributed by atoms with Gasteiger partial charge in [0.1, 0.15) is 18.0 Å². The number of carbonyl (C=O) groups excluding carboxylic acids is 1. The number of carbonyl (C=O) groups is 1. The van der Waals surface area contributed by atoms with Gasteiger partial charge in [-0.15, -0.1) is 0 Å². The van der Waals surface area contributed by atoms with Crippen LogP contribution in [0, 0.1) is 0 Å². The molecule has 0 spiro atoms. The largest absolute Gasteiger partial charge is 0.491 e. The topological polar surface area (TPSA) is 67.0 Å². The first-order valence-electron chi connectivity index (χ1n) is 8.33. The van der Waals surface area contributed by atoms with Gasteiger partial charge in [-0.05, 0) is 42.7 Å².